The first-order valence-corrected chi connectivity index (χ1v) is 6.40. The van der Waals surface area contributed by atoms with Crippen LogP contribution in [0.5, 0.6) is 17.2 Å². The van der Waals surface area contributed by atoms with Crippen molar-refractivity contribution in [3.8, 4) is 17.2 Å². The van der Waals surface area contributed by atoms with Crippen LogP contribution in [-0.2, 0) is 0 Å². The van der Waals surface area contributed by atoms with Gasteiger partial charge in [0.2, 0.25) is 0 Å². The molecule has 2 aromatic rings. The highest BCUT2D eigenvalue weighted by atomic mass is 16.5. The van der Waals surface area contributed by atoms with E-state index in [0.29, 0.717) is 6.61 Å². The van der Waals surface area contributed by atoms with Gasteiger partial charge in [0.15, 0.2) is 0 Å². The molecule has 2 rings (SSSR count). The second kappa shape index (κ2) is 6.82. The van der Waals surface area contributed by atoms with E-state index >= 15 is 0 Å². The van der Waals surface area contributed by atoms with Gasteiger partial charge in [0.05, 0.1) is 20.3 Å². The van der Waals surface area contributed by atoms with Gasteiger partial charge in [-0.1, -0.05) is 18.2 Å². The molecule has 1 unspecified atom stereocenters. The zero-order valence-corrected chi connectivity index (χ0v) is 11.7. The first kappa shape index (κ1) is 14.2. The van der Waals surface area contributed by atoms with Gasteiger partial charge in [0.25, 0.3) is 0 Å². The number of para-hydroxylation sites is 1. The van der Waals surface area contributed by atoms with Gasteiger partial charge < -0.3 is 19.9 Å². The average molecular weight is 273 g/mol. The van der Waals surface area contributed by atoms with Gasteiger partial charge in [0, 0.05) is 5.56 Å². The second-order valence-corrected chi connectivity index (χ2v) is 4.34. The maximum absolute atomic E-state index is 6.18. The molecule has 0 bridgehead atoms. The summed E-state index contributed by atoms with van der Waals surface area (Å²) in [5, 5.41) is 0. The summed E-state index contributed by atoms with van der Waals surface area (Å²) in [7, 11) is 3.24. The molecular formula is C16H19NO3. The van der Waals surface area contributed by atoms with E-state index in [4.69, 9.17) is 19.9 Å². The zero-order valence-electron chi connectivity index (χ0n) is 11.7. The predicted molar refractivity (Wildman–Crippen MR) is 78.4 cm³/mol. The van der Waals surface area contributed by atoms with Crippen molar-refractivity contribution in [1.82, 2.24) is 0 Å². The van der Waals surface area contributed by atoms with Crippen LogP contribution >= 0.6 is 0 Å². The highest BCUT2D eigenvalue weighted by Crippen LogP contribution is 2.28. The lowest BCUT2D eigenvalue weighted by Gasteiger charge is -2.17. The van der Waals surface area contributed by atoms with Gasteiger partial charge in [0.1, 0.15) is 23.9 Å². The van der Waals surface area contributed by atoms with Crippen molar-refractivity contribution in [1.29, 1.82) is 0 Å². The van der Waals surface area contributed by atoms with Gasteiger partial charge in [-0.05, 0) is 30.3 Å². The minimum atomic E-state index is -0.291. The fraction of sp³-hybridized carbons (Fsp3) is 0.250. The summed E-state index contributed by atoms with van der Waals surface area (Å²) in [6, 6.07) is 14.9. The Kier molecular flexibility index (Phi) is 4.85. The number of ether oxygens (including phenoxy) is 3. The maximum Gasteiger partial charge on any atom is 0.124 e. The summed E-state index contributed by atoms with van der Waals surface area (Å²) in [6.45, 7) is 0.369. The van der Waals surface area contributed by atoms with Crippen molar-refractivity contribution in [2.45, 2.75) is 6.04 Å². The van der Waals surface area contributed by atoms with Gasteiger partial charge >= 0.3 is 0 Å². The number of hydrogen-bond acceptors (Lipinski definition) is 4. The number of benzene rings is 2. The first-order chi connectivity index (χ1) is 9.74. The largest absolute Gasteiger partial charge is 0.497 e. The zero-order chi connectivity index (χ0) is 14.4. The molecule has 2 N–H and O–H groups in total. The molecular weight excluding hydrogens is 254 g/mol. The monoisotopic (exact) mass is 273 g/mol. The summed E-state index contributed by atoms with van der Waals surface area (Å²) in [5.41, 5.74) is 7.05. The van der Waals surface area contributed by atoms with Crippen LogP contribution < -0.4 is 19.9 Å². The summed E-state index contributed by atoms with van der Waals surface area (Å²) in [5.74, 6) is 2.27. The number of methoxy groups -OCH3 is 2. The Morgan fingerprint density at radius 1 is 0.950 bits per heavy atom. The predicted octanol–water partition coefficient (Wildman–Crippen LogP) is 2.78. The third-order valence-electron chi connectivity index (χ3n) is 3.01. The Morgan fingerprint density at radius 3 is 2.35 bits per heavy atom. The quantitative estimate of drug-likeness (QED) is 0.879. The number of nitrogens with two attached hydrogens (primary N) is 1. The molecule has 0 aliphatic rings. The summed E-state index contributed by atoms with van der Waals surface area (Å²) < 4.78 is 16.2. The van der Waals surface area contributed by atoms with Gasteiger partial charge in [-0.2, -0.15) is 0 Å². The van der Waals surface area contributed by atoms with E-state index in [1.54, 1.807) is 14.2 Å². The highest BCUT2D eigenvalue weighted by molar-refractivity contribution is 5.42. The fourth-order valence-electron chi connectivity index (χ4n) is 1.92. The van der Waals surface area contributed by atoms with E-state index in [2.05, 4.69) is 0 Å². The van der Waals surface area contributed by atoms with Crippen LogP contribution in [-0.4, -0.2) is 20.8 Å². The summed E-state index contributed by atoms with van der Waals surface area (Å²) in [4.78, 5) is 0. The van der Waals surface area contributed by atoms with Crippen LogP contribution in [0.3, 0.4) is 0 Å². The lowest BCUT2D eigenvalue weighted by molar-refractivity contribution is 0.286. The molecule has 2 aromatic carbocycles. The molecule has 4 heteroatoms. The van der Waals surface area contributed by atoms with Gasteiger partial charge in [-0.15, -0.1) is 0 Å². The summed E-state index contributed by atoms with van der Waals surface area (Å²) in [6.07, 6.45) is 0. The van der Waals surface area contributed by atoms with Gasteiger partial charge in [-0.3, -0.25) is 0 Å². The van der Waals surface area contributed by atoms with Crippen LogP contribution in [0.4, 0.5) is 0 Å². The molecule has 0 radical (unpaired) electrons. The Morgan fingerprint density at radius 2 is 1.70 bits per heavy atom. The Labute approximate surface area is 119 Å². The molecule has 0 aliphatic heterocycles. The Hall–Kier alpha value is -2.20. The molecule has 1 atom stereocenters. The Balaban J connectivity index is 2.09. The van der Waals surface area contributed by atoms with E-state index in [1.807, 2.05) is 48.5 Å². The van der Waals surface area contributed by atoms with Crippen molar-refractivity contribution in [3.63, 3.8) is 0 Å². The van der Waals surface area contributed by atoms with Crippen molar-refractivity contribution in [3.05, 3.63) is 54.1 Å². The molecule has 0 aliphatic carbocycles. The van der Waals surface area contributed by atoms with Crippen LogP contribution in [0.25, 0.3) is 0 Å². The second-order valence-electron chi connectivity index (χ2n) is 4.34. The molecule has 106 valence electrons. The molecule has 0 spiro atoms. The third kappa shape index (κ3) is 3.42. The topological polar surface area (TPSA) is 53.7 Å². The molecule has 0 aromatic heterocycles. The first-order valence-electron chi connectivity index (χ1n) is 6.40. The lowest BCUT2D eigenvalue weighted by Crippen LogP contribution is -2.19. The maximum atomic E-state index is 6.18. The molecule has 0 amide bonds. The lowest BCUT2D eigenvalue weighted by atomic mass is 10.1. The van der Waals surface area contributed by atoms with Crippen LogP contribution in [0, 0.1) is 0 Å². The van der Waals surface area contributed by atoms with E-state index in [1.165, 1.54) is 0 Å². The number of rotatable bonds is 6. The molecule has 0 saturated carbocycles. The van der Waals surface area contributed by atoms with E-state index < -0.39 is 0 Å². The number of hydrogen-bond donors (Lipinski definition) is 1. The van der Waals surface area contributed by atoms with Crippen LogP contribution in [0.1, 0.15) is 11.6 Å². The highest BCUT2D eigenvalue weighted by Gasteiger charge is 2.14. The summed E-state index contributed by atoms with van der Waals surface area (Å²) >= 11 is 0. The van der Waals surface area contributed by atoms with Crippen molar-refractivity contribution in [2.24, 2.45) is 5.73 Å². The molecule has 4 nitrogen and oxygen atoms in total. The molecule has 0 saturated heterocycles. The minimum absolute atomic E-state index is 0.291. The van der Waals surface area contributed by atoms with Crippen molar-refractivity contribution >= 4 is 0 Å². The van der Waals surface area contributed by atoms with Crippen LogP contribution in [0.2, 0.25) is 0 Å². The molecule has 0 fully saturated rings. The van der Waals surface area contributed by atoms with Crippen LogP contribution in [0.15, 0.2) is 48.5 Å². The van der Waals surface area contributed by atoms with E-state index in [-0.39, 0.29) is 6.04 Å². The van der Waals surface area contributed by atoms with Gasteiger partial charge in [-0.25, -0.2) is 0 Å². The third-order valence-corrected chi connectivity index (χ3v) is 3.01. The van der Waals surface area contributed by atoms with Crippen molar-refractivity contribution in [2.75, 3.05) is 20.8 Å². The normalized spacial score (nSPS) is 11.8. The smallest absolute Gasteiger partial charge is 0.124 e. The fourth-order valence-corrected chi connectivity index (χ4v) is 1.92. The standard InChI is InChI=1S/C16H19NO3/c1-18-13-8-9-16(19-2)14(10-13)15(17)11-20-12-6-4-3-5-7-12/h3-10,15H,11,17H2,1-2H3. The average Bonchev–Trinajstić information content (AvgIpc) is 2.52. The molecule has 0 heterocycles. The SMILES string of the molecule is COc1ccc(OC)c(C(N)COc2ccccc2)c1. The van der Waals surface area contributed by atoms with E-state index in [0.717, 1.165) is 22.8 Å². The Bertz CT molecular complexity index is 543. The molecule has 20 heavy (non-hydrogen) atoms. The van der Waals surface area contributed by atoms with Crippen molar-refractivity contribution < 1.29 is 14.2 Å². The van der Waals surface area contributed by atoms with E-state index in [9.17, 15) is 0 Å². The minimum Gasteiger partial charge on any atom is -0.497 e.